The topological polar surface area (TPSA) is 9.23 Å². The van der Waals surface area contributed by atoms with Gasteiger partial charge in [0.15, 0.2) is 8.32 Å². The molecule has 0 aromatic rings. The molecule has 0 saturated carbocycles. The molecule has 0 amide bonds. The lowest BCUT2D eigenvalue weighted by Gasteiger charge is -2.36. The van der Waals surface area contributed by atoms with Gasteiger partial charge in [0.2, 0.25) is 0 Å². The molecule has 0 saturated heterocycles. The van der Waals surface area contributed by atoms with E-state index in [0.717, 1.165) is 19.4 Å². The Bertz CT molecular complexity index is 327. The van der Waals surface area contributed by atoms with Crippen molar-refractivity contribution in [3.63, 3.8) is 0 Å². The van der Waals surface area contributed by atoms with Crippen LogP contribution in [0.3, 0.4) is 0 Å². The van der Waals surface area contributed by atoms with E-state index in [0.29, 0.717) is 5.92 Å². The Labute approximate surface area is 127 Å². The summed E-state index contributed by atoms with van der Waals surface area (Å²) in [7, 11) is -1.60. The Kier molecular flexibility index (Phi) is 8.75. The van der Waals surface area contributed by atoms with Crippen LogP contribution in [0.25, 0.3) is 0 Å². The molecule has 0 unspecified atom stereocenters. The van der Waals surface area contributed by atoms with Gasteiger partial charge in [-0.15, -0.1) is 0 Å². The molecule has 0 heterocycles. The normalized spacial score (nSPS) is 13.5. The van der Waals surface area contributed by atoms with Crippen LogP contribution < -0.4 is 0 Å². The van der Waals surface area contributed by atoms with Gasteiger partial charge < -0.3 is 4.43 Å². The van der Waals surface area contributed by atoms with E-state index < -0.39 is 8.32 Å². The van der Waals surface area contributed by atoms with Crippen molar-refractivity contribution in [3.05, 3.63) is 49.6 Å². The van der Waals surface area contributed by atoms with Crippen molar-refractivity contribution in [1.29, 1.82) is 0 Å². The molecule has 0 bridgehead atoms. The molecule has 0 rings (SSSR count). The smallest absolute Gasteiger partial charge is 0.191 e. The maximum atomic E-state index is 6.20. The molecule has 0 spiro atoms. The van der Waals surface area contributed by atoms with Crippen LogP contribution in [-0.2, 0) is 4.43 Å². The van der Waals surface area contributed by atoms with Crippen LogP contribution in [0.1, 0.15) is 33.6 Å². The van der Waals surface area contributed by atoms with Crippen LogP contribution in [0.15, 0.2) is 49.6 Å². The van der Waals surface area contributed by atoms with Gasteiger partial charge in [-0.1, -0.05) is 70.4 Å². The number of hydrogen-bond donors (Lipinski definition) is 0. The summed E-state index contributed by atoms with van der Waals surface area (Å²) in [4.78, 5) is 0. The second-order valence-electron chi connectivity index (χ2n) is 6.66. The minimum absolute atomic E-state index is 0.290. The largest absolute Gasteiger partial charge is 0.417 e. The van der Waals surface area contributed by atoms with Crippen LogP contribution >= 0.6 is 0 Å². The quantitative estimate of drug-likeness (QED) is 0.292. The van der Waals surface area contributed by atoms with Crippen LogP contribution in [0, 0.1) is 5.92 Å². The number of rotatable bonds is 9. The summed E-state index contributed by atoms with van der Waals surface area (Å²) in [6.07, 6.45) is 14.2. The van der Waals surface area contributed by atoms with Gasteiger partial charge >= 0.3 is 0 Å². The zero-order chi connectivity index (χ0) is 15.6. The van der Waals surface area contributed by atoms with E-state index in [1.807, 2.05) is 24.3 Å². The van der Waals surface area contributed by atoms with Gasteiger partial charge in [0.25, 0.3) is 0 Å². The second-order valence-corrected chi connectivity index (χ2v) is 11.5. The van der Waals surface area contributed by atoms with Gasteiger partial charge in [-0.2, -0.15) is 0 Å². The van der Waals surface area contributed by atoms with Crippen molar-refractivity contribution < 1.29 is 4.43 Å². The average Bonchev–Trinajstić information content (AvgIpc) is 2.35. The SMILES string of the molecule is C=C/C=C/C(/C=C/C=C)CCCO[Si](C)(C)C(C)(C)C. The molecule has 0 N–H and O–H groups in total. The third-order valence-corrected chi connectivity index (χ3v) is 8.48. The predicted octanol–water partition coefficient (Wildman–Crippen LogP) is 5.89. The van der Waals surface area contributed by atoms with E-state index in [1.165, 1.54) is 0 Å². The Morgan fingerprint density at radius 3 is 1.95 bits per heavy atom. The number of hydrogen-bond acceptors (Lipinski definition) is 1. The van der Waals surface area contributed by atoms with Gasteiger partial charge in [0.1, 0.15) is 0 Å². The van der Waals surface area contributed by atoms with Gasteiger partial charge in [-0.05, 0) is 36.9 Å². The summed E-state index contributed by atoms with van der Waals surface area (Å²) in [5.74, 6) is 0.439. The third kappa shape index (κ3) is 7.66. The lowest BCUT2D eigenvalue weighted by atomic mass is 10.0. The second kappa shape index (κ2) is 9.14. The van der Waals surface area contributed by atoms with Crippen molar-refractivity contribution in [1.82, 2.24) is 0 Å². The molecular formula is C18H32OSi. The van der Waals surface area contributed by atoms with Crippen LogP contribution in [0.4, 0.5) is 0 Å². The van der Waals surface area contributed by atoms with Gasteiger partial charge in [-0.3, -0.25) is 0 Å². The Balaban J connectivity index is 4.25. The van der Waals surface area contributed by atoms with Crippen LogP contribution in [0.5, 0.6) is 0 Å². The fourth-order valence-corrected chi connectivity index (χ4v) is 2.65. The highest BCUT2D eigenvalue weighted by atomic mass is 28.4. The monoisotopic (exact) mass is 292 g/mol. The van der Waals surface area contributed by atoms with E-state index in [1.54, 1.807) is 0 Å². The van der Waals surface area contributed by atoms with Crippen LogP contribution in [-0.4, -0.2) is 14.9 Å². The Morgan fingerprint density at radius 1 is 1.05 bits per heavy atom. The lowest BCUT2D eigenvalue weighted by molar-refractivity contribution is 0.276. The molecule has 2 heteroatoms. The Hall–Kier alpha value is -0.863. The molecule has 0 aliphatic carbocycles. The maximum Gasteiger partial charge on any atom is 0.191 e. The van der Waals surface area contributed by atoms with E-state index in [9.17, 15) is 0 Å². The summed E-state index contributed by atoms with van der Waals surface area (Å²) in [6.45, 7) is 19.7. The molecule has 0 radical (unpaired) electrons. The molecule has 0 aliphatic heterocycles. The highest BCUT2D eigenvalue weighted by Crippen LogP contribution is 2.36. The fraction of sp³-hybridized carbons (Fsp3) is 0.556. The average molecular weight is 293 g/mol. The molecule has 0 aromatic heterocycles. The molecule has 0 atom stereocenters. The van der Waals surface area contributed by atoms with Crippen molar-refractivity contribution in [2.45, 2.75) is 51.7 Å². The summed E-state index contributed by atoms with van der Waals surface area (Å²) < 4.78 is 6.20. The molecule has 0 fully saturated rings. The van der Waals surface area contributed by atoms with Crippen LogP contribution in [0.2, 0.25) is 18.1 Å². The zero-order valence-corrected chi connectivity index (χ0v) is 15.0. The number of allylic oxidation sites excluding steroid dienone is 6. The standard InChI is InChI=1S/C18H32OSi/c1-8-10-13-17(14-11-9-2)15-12-16-19-20(6,7)18(3,4)5/h8-11,13-14,17H,1-2,12,15-16H2,3-7H3/b13-10+,14-11+. The molecule has 114 valence electrons. The van der Waals surface area contributed by atoms with E-state index in [4.69, 9.17) is 4.43 Å². The van der Waals surface area contributed by atoms with Crippen molar-refractivity contribution in [2.24, 2.45) is 5.92 Å². The minimum Gasteiger partial charge on any atom is -0.417 e. The first kappa shape index (κ1) is 19.1. The van der Waals surface area contributed by atoms with E-state index in [2.05, 4.69) is 59.2 Å². The first-order valence-electron chi connectivity index (χ1n) is 7.47. The first-order chi connectivity index (χ1) is 9.24. The van der Waals surface area contributed by atoms with Gasteiger partial charge in [0.05, 0.1) is 0 Å². The zero-order valence-electron chi connectivity index (χ0n) is 14.0. The minimum atomic E-state index is -1.60. The lowest BCUT2D eigenvalue weighted by Crippen LogP contribution is -2.41. The third-order valence-electron chi connectivity index (χ3n) is 3.94. The predicted molar refractivity (Wildman–Crippen MR) is 94.5 cm³/mol. The summed E-state index contributed by atoms with van der Waals surface area (Å²) in [6, 6.07) is 0. The summed E-state index contributed by atoms with van der Waals surface area (Å²) in [5.41, 5.74) is 0. The summed E-state index contributed by atoms with van der Waals surface area (Å²) in [5, 5.41) is 0.290. The Morgan fingerprint density at radius 2 is 1.55 bits per heavy atom. The van der Waals surface area contributed by atoms with E-state index in [-0.39, 0.29) is 5.04 Å². The highest BCUT2D eigenvalue weighted by molar-refractivity contribution is 6.74. The van der Waals surface area contributed by atoms with Gasteiger partial charge in [-0.25, -0.2) is 0 Å². The van der Waals surface area contributed by atoms with Crippen molar-refractivity contribution in [3.8, 4) is 0 Å². The van der Waals surface area contributed by atoms with Crippen molar-refractivity contribution >= 4 is 8.32 Å². The van der Waals surface area contributed by atoms with Crippen molar-refractivity contribution in [2.75, 3.05) is 6.61 Å². The first-order valence-corrected chi connectivity index (χ1v) is 10.4. The van der Waals surface area contributed by atoms with E-state index >= 15 is 0 Å². The molecule has 20 heavy (non-hydrogen) atoms. The summed E-state index contributed by atoms with van der Waals surface area (Å²) >= 11 is 0. The maximum absolute atomic E-state index is 6.20. The molecule has 1 nitrogen and oxygen atoms in total. The molecule has 0 aliphatic rings. The molecular weight excluding hydrogens is 260 g/mol. The fourth-order valence-electron chi connectivity index (χ4n) is 1.56. The molecule has 0 aromatic carbocycles. The van der Waals surface area contributed by atoms with Gasteiger partial charge in [0, 0.05) is 6.61 Å². The highest BCUT2D eigenvalue weighted by Gasteiger charge is 2.36.